The smallest absolute Gasteiger partial charge is 0.236 e. The van der Waals surface area contributed by atoms with Crippen LogP contribution in [0.2, 0.25) is 0 Å². The molecule has 3 rings (SSSR count). The number of hydrogen-bond donors (Lipinski definition) is 1. The van der Waals surface area contributed by atoms with Crippen molar-refractivity contribution in [3.8, 4) is 0 Å². The van der Waals surface area contributed by atoms with Gasteiger partial charge in [0.15, 0.2) is 5.13 Å². The molecular formula is C18H18N2OS2. The minimum Gasteiger partial charge on any atom is -0.301 e. The highest BCUT2D eigenvalue weighted by atomic mass is 32.2. The summed E-state index contributed by atoms with van der Waals surface area (Å²) < 4.78 is 1.12. The van der Waals surface area contributed by atoms with Gasteiger partial charge in [0.25, 0.3) is 0 Å². The van der Waals surface area contributed by atoms with Crippen molar-refractivity contribution in [2.24, 2.45) is 0 Å². The highest BCUT2D eigenvalue weighted by Gasteiger charge is 2.10. The molecule has 0 aliphatic rings. The average molecular weight is 342 g/mol. The fraction of sp³-hybridized carbons (Fsp3) is 0.222. The molecule has 1 amide bonds. The normalized spacial score (nSPS) is 10.9. The Balaban J connectivity index is 1.58. The third-order valence-electron chi connectivity index (χ3n) is 3.42. The minimum atomic E-state index is -0.000591. The van der Waals surface area contributed by atoms with Gasteiger partial charge in [0.05, 0.1) is 16.0 Å². The Hall–Kier alpha value is -1.85. The van der Waals surface area contributed by atoms with E-state index in [1.807, 2.05) is 18.2 Å². The van der Waals surface area contributed by atoms with Crippen LogP contribution in [-0.4, -0.2) is 16.6 Å². The molecule has 0 atom stereocenters. The lowest BCUT2D eigenvalue weighted by Crippen LogP contribution is -2.13. The summed E-state index contributed by atoms with van der Waals surface area (Å²) in [4.78, 5) is 16.6. The number of rotatable bonds is 5. The Morgan fingerprint density at radius 1 is 1.22 bits per heavy atom. The maximum Gasteiger partial charge on any atom is 0.236 e. The van der Waals surface area contributed by atoms with E-state index in [2.05, 4.69) is 48.4 Å². The molecule has 0 bridgehead atoms. The zero-order valence-corrected chi connectivity index (χ0v) is 14.8. The van der Waals surface area contributed by atoms with Gasteiger partial charge in [0, 0.05) is 5.75 Å². The van der Waals surface area contributed by atoms with Crippen molar-refractivity contribution in [2.45, 2.75) is 19.6 Å². The van der Waals surface area contributed by atoms with Crippen LogP contribution in [-0.2, 0) is 10.5 Å². The largest absolute Gasteiger partial charge is 0.301 e. The first-order valence-corrected chi connectivity index (χ1v) is 9.38. The lowest BCUT2D eigenvalue weighted by molar-refractivity contribution is -0.113. The number of thioether (sulfide) groups is 1. The van der Waals surface area contributed by atoms with Gasteiger partial charge in [-0.25, -0.2) is 4.98 Å². The number of carbonyl (C=O) groups is 1. The number of nitrogens with one attached hydrogen (secondary N) is 1. The van der Waals surface area contributed by atoms with Crippen molar-refractivity contribution in [2.75, 3.05) is 11.1 Å². The van der Waals surface area contributed by atoms with E-state index < -0.39 is 0 Å². The summed E-state index contributed by atoms with van der Waals surface area (Å²) in [5.41, 5.74) is 4.58. The van der Waals surface area contributed by atoms with Crippen LogP contribution in [0.25, 0.3) is 10.2 Å². The molecule has 1 aromatic heterocycles. The topological polar surface area (TPSA) is 42.0 Å². The van der Waals surface area contributed by atoms with Crippen LogP contribution in [0, 0.1) is 13.8 Å². The first kappa shape index (κ1) is 16.0. The quantitative estimate of drug-likeness (QED) is 0.725. The molecule has 0 aliphatic heterocycles. The second-order valence-electron chi connectivity index (χ2n) is 5.47. The number of amides is 1. The van der Waals surface area contributed by atoms with Crippen LogP contribution < -0.4 is 5.32 Å². The van der Waals surface area contributed by atoms with E-state index >= 15 is 0 Å². The van der Waals surface area contributed by atoms with Crippen molar-refractivity contribution in [1.29, 1.82) is 0 Å². The summed E-state index contributed by atoms with van der Waals surface area (Å²) in [6.07, 6.45) is 0. The highest BCUT2D eigenvalue weighted by molar-refractivity contribution is 7.99. The Morgan fingerprint density at radius 2 is 2.00 bits per heavy atom. The van der Waals surface area contributed by atoms with Crippen LogP contribution in [0.4, 0.5) is 5.13 Å². The van der Waals surface area contributed by atoms with Gasteiger partial charge in [-0.1, -0.05) is 47.7 Å². The molecule has 3 nitrogen and oxygen atoms in total. The van der Waals surface area contributed by atoms with Gasteiger partial charge in [-0.05, 0) is 36.6 Å². The summed E-state index contributed by atoms with van der Waals surface area (Å²) in [5.74, 6) is 1.27. The van der Waals surface area contributed by atoms with E-state index in [0.717, 1.165) is 21.5 Å². The molecule has 1 N–H and O–H groups in total. The van der Waals surface area contributed by atoms with E-state index in [1.54, 1.807) is 11.8 Å². The SMILES string of the molecule is Cc1cc(C)c2nc(NC(=O)CSCc3ccccc3)sc2c1. The molecule has 23 heavy (non-hydrogen) atoms. The van der Waals surface area contributed by atoms with Crippen LogP contribution in [0.5, 0.6) is 0 Å². The van der Waals surface area contributed by atoms with E-state index in [4.69, 9.17) is 0 Å². The Kier molecular flexibility index (Phi) is 4.98. The minimum absolute atomic E-state index is 0.000591. The van der Waals surface area contributed by atoms with E-state index in [0.29, 0.717) is 10.9 Å². The summed E-state index contributed by atoms with van der Waals surface area (Å²) >= 11 is 3.14. The summed E-state index contributed by atoms with van der Waals surface area (Å²) in [6.45, 7) is 4.13. The molecule has 118 valence electrons. The van der Waals surface area contributed by atoms with Gasteiger partial charge in [-0.3, -0.25) is 4.79 Å². The van der Waals surface area contributed by atoms with Gasteiger partial charge in [-0.2, -0.15) is 0 Å². The molecule has 0 unspecified atom stereocenters. The second-order valence-corrected chi connectivity index (χ2v) is 7.49. The lowest BCUT2D eigenvalue weighted by atomic mass is 10.1. The third kappa shape index (κ3) is 4.12. The standard InChI is InChI=1S/C18H18N2OS2/c1-12-8-13(2)17-15(9-12)23-18(20-17)19-16(21)11-22-10-14-6-4-3-5-7-14/h3-9H,10-11H2,1-2H3,(H,19,20,21). The zero-order chi connectivity index (χ0) is 16.2. The van der Waals surface area contributed by atoms with Gasteiger partial charge in [0.1, 0.15) is 0 Å². The lowest BCUT2D eigenvalue weighted by Gasteiger charge is -2.02. The predicted molar refractivity (Wildman–Crippen MR) is 100 cm³/mol. The number of hydrogen-bond acceptors (Lipinski definition) is 4. The Labute approximate surface area is 144 Å². The number of fused-ring (bicyclic) bond motifs is 1. The van der Waals surface area contributed by atoms with Gasteiger partial charge >= 0.3 is 0 Å². The first-order valence-electron chi connectivity index (χ1n) is 7.41. The number of nitrogens with zero attached hydrogens (tertiary/aromatic N) is 1. The van der Waals surface area contributed by atoms with Gasteiger partial charge < -0.3 is 5.32 Å². The molecule has 5 heteroatoms. The fourth-order valence-corrected chi connectivity index (χ4v) is 4.26. The number of aryl methyl sites for hydroxylation is 2. The molecule has 3 aromatic rings. The van der Waals surface area contributed by atoms with Crippen molar-refractivity contribution >= 4 is 44.4 Å². The number of anilines is 1. The molecule has 0 saturated carbocycles. The van der Waals surface area contributed by atoms with Crippen LogP contribution in [0.1, 0.15) is 16.7 Å². The van der Waals surface area contributed by atoms with Crippen LogP contribution in [0.15, 0.2) is 42.5 Å². The molecule has 0 aliphatic carbocycles. The Bertz CT molecular complexity index is 828. The van der Waals surface area contributed by atoms with Crippen molar-refractivity contribution in [3.63, 3.8) is 0 Å². The van der Waals surface area contributed by atoms with Crippen molar-refractivity contribution in [1.82, 2.24) is 4.98 Å². The van der Waals surface area contributed by atoms with Crippen LogP contribution >= 0.6 is 23.1 Å². The maximum atomic E-state index is 12.1. The second kappa shape index (κ2) is 7.15. The monoisotopic (exact) mass is 342 g/mol. The fourth-order valence-electron chi connectivity index (χ4n) is 2.42. The van der Waals surface area contributed by atoms with E-state index in [-0.39, 0.29) is 5.91 Å². The number of thiazole rings is 1. The molecule has 0 fully saturated rings. The van der Waals surface area contributed by atoms with Crippen molar-refractivity contribution < 1.29 is 4.79 Å². The van der Waals surface area contributed by atoms with Gasteiger partial charge in [0.2, 0.25) is 5.91 Å². The number of benzene rings is 2. The maximum absolute atomic E-state index is 12.1. The van der Waals surface area contributed by atoms with Crippen molar-refractivity contribution in [3.05, 3.63) is 59.2 Å². The summed E-state index contributed by atoms with van der Waals surface area (Å²) in [6, 6.07) is 14.4. The molecule has 0 spiro atoms. The molecule has 2 aromatic carbocycles. The zero-order valence-electron chi connectivity index (χ0n) is 13.1. The third-order valence-corrected chi connectivity index (χ3v) is 5.34. The van der Waals surface area contributed by atoms with E-state index in [9.17, 15) is 4.79 Å². The summed E-state index contributed by atoms with van der Waals surface area (Å²) in [7, 11) is 0. The van der Waals surface area contributed by atoms with Crippen LogP contribution in [0.3, 0.4) is 0 Å². The summed E-state index contributed by atoms with van der Waals surface area (Å²) in [5, 5.41) is 3.59. The molecule has 0 radical (unpaired) electrons. The highest BCUT2D eigenvalue weighted by Crippen LogP contribution is 2.29. The number of aromatic nitrogens is 1. The Morgan fingerprint density at radius 3 is 2.78 bits per heavy atom. The first-order chi connectivity index (χ1) is 11.1. The molecule has 1 heterocycles. The predicted octanol–water partition coefficient (Wildman–Crippen LogP) is 4.79. The molecular weight excluding hydrogens is 324 g/mol. The molecule has 0 saturated heterocycles. The van der Waals surface area contributed by atoms with Gasteiger partial charge in [-0.15, -0.1) is 11.8 Å². The average Bonchev–Trinajstić information content (AvgIpc) is 2.91. The number of carbonyl (C=O) groups excluding carboxylic acids is 1. The van der Waals surface area contributed by atoms with E-state index in [1.165, 1.54) is 22.5 Å².